The number of aromatic nitrogens is 2. The van der Waals surface area contributed by atoms with Crippen LogP contribution in [0.4, 0.5) is 4.39 Å². The second-order valence-corrected chi connectivity index (χ2v) is 7.09. The topological polar surface area (TPSA) is 41.4 Å². The number of amides is 1. The van der Waals surface area contributed by atoms with Crippen molar-refractivity contribution in [1.82, 2.24) is 19.6 Å². The van der Waals surface area contributed by atoms with E-state index in [2.05, 4.69) is 10.00 Å². The molecule has 5 nitrogen and oxygen atoms in total. The molecule has 2 aromatic rings. The predicted octanol–water partition coefficient (Wildman–Crippen LogP) is 2.01. The van der Waals surface area contributed by atoms with E-state index in [0.717, 1.165) is 38.2 Å². The molecule has 2 heterocycles. The minimum Gasteiger partial charge on any atom is -0.340 e. The Morgan fingerprint density at radius 2 is 2.00 bits per heavy atom. The van der Waals surface area contributed by atoms with Gasteiger partial charge in [-0.05, 0) is 24.0 Å². The van der Waals surface area contributed by atoms with Crippen molar-refractivity contribution in [1.29, 1.82) is 0 Å². The van der Waals surface area contributed by atoms with E-state index in [4.69, 9.17) is 0 Å². The van der Waals surface area contributed by atoms with Crippen molar-refractivity contribution in [3.05, 3.63) is 53.6 Å². The van der Waals surface area contributed by atoms with Gasteiger partial charge in [0.05, 0.1) is 6.20 Å². The van der Waals surface area contributed by atoms with E-state index in [9.17, 15) is 9.18 Å². The van der Waals surface area contributed by atoms with Gasteiger partial charge in [-0.3, -0.25) is 14.4 Å². The summed E-state index contributed by atoms with van der Waals surface area (Å²) in [6.07, 6.45) is 4.80. The van der Waals surface area contributed by atoms with E-state index in [0.29, 0.717) is 12.5 Å². The molecule has 1 saturated carbocycles. The Morgan fingerprint density at radius 3 is 2.68 bits per heavy atom. The van der Waals surface area contributed by atoms with Crippen LogP contribution >= 0.6 is 0 Å². The molecule has 0 bridgehead atoms. The number of piperazine rings is 1. The van der Waals surface area contributed by atoms with Crippen LogP contribution in [0.1, 0.15) is 23.5 Å². The number of hydrogen-bond acceptors (Lipinski definition) is 3. The zero-order valence-corrected chi connectivity index (χ0v) is 14.4. The Hall–Kier alpha value is -2.21. The second-order valence-electron chi connectivity index (χ2n) is 7.09. The summed E-state index contributed by atoms with van der Waals surface area (Å²) < 4.78 is 15.6. The summed E-state index contributed by atoms with van der Waals surface area (Å²) in [5.74, 6) is 0.553. The van der Waals surface area contributed by atoms with Gasteiger partial charge in [0.1, 0.15) is 5.82 Å². The molecule has 6 heteroatoms. The Labute approximate surface area is 147 Å². The molecule has 1 aliphatic heterocycles. The predicted molar refractivity (Wildman–Crippen MR) is 92.3 cm³/mol. The fourth-order valence-corrected chi connectivity index (χ4v) is 3.70. The molecule has 1 amide bonds. The molecule has 2 atom stereocenters. The molecule has 25 heavy (non-hydrogen) atoms. The number of carbonyl (C=O) groups is 1. The molecule has 0 N–H and O–H groups in total. The summed E-state index contributed by atoms with van der Waals surface area (Å²) in [5.41, 5.74) is 1.89. The molecule has 4 rings (SSSR count). The number of rotatable bonds is 4. The van der Waals surface area contributed by atoms with Gasteiger partial charge in [0.25, 0.3) is 0 Å². The Morgan fingerprint density at radius 1 is 1.24 bits per heavy atom. The Kier molecular flexibility index (Phi) is 4.29. The zero-order valence-electron chi connectivity index (χ0n) is 14.4. The van der Waals surface area contributed by atoms with E-state index in [1.165, 1.54) is 11.6 Å². The van der Waals surface area contributed by atoms with E-state index in [1.807, 2.05) is 36.5 Å². The van der Waals surface area contributed by atoms with Gasteiger partial charge in [0.2, 0.25) is 5.91 Å². The van der Waals surface area contributed by atoms with Crippen molar-refractivity contribution in [2.75, 3.05) is 26.2 Å². The van der Waals surface area contributed by atoms with Gasteiger partial charge in [-0.25, -0.2) is 4.39 Å². The van der Waals surface area contributed by atoms with E-state index in [-0.39, 0.29) is 17.6 Å². The molecule has 2 aliphatic rings. The second kappa shape index (κ2) is 6.59. The highest BCUT2D eigenvalue weighted by Crippen LogP contribution is 2.48. The maximum Gasteiger partial charge on any atom is 0.226 e. The number of carbonyl (C=O) groups excluding carboxylic acids is 1. The summed E-state index contributed by atoms with van der Waals surface area (Å²) >= 11 is 0. The molecule has 0 radical (unpaired) electrons. The highest BCUT2D eigenvalue weighted by Gasteiger charge is 2.46. The lowest BCUT2D eigenvalue weighted by molar-refractivity contribution is -0.134. The van der Waals surface area contributed by atoms with Crippen LogP contribution in [0.5, 0.6) is 0 Å². The third-order valence-electron chi connectivity index (χ3n) is 5.30. The van der Waals surface area contributed by atoms with Crippen molar-refractivity contribution >= 4 is 5.91 Å². The summed E-state index contributed by atoms with van der Waals surface area (Å²) in [6.45, 7) is 3.65. The highest BCUT2D eigenvalue weighted by atomic mass is 19.1. The van der Waals surface area contributed by atoms with Gasteiger partial charge in [-0.2, -0.15) is 5.10 Å². The summed E-state index contributed by atoms with van der Waals surface area (Å²) in [4.78, 5) is 16.9. The molecule has 0 unspecified atom stereocenters. The monoisotopic (exact) mass is 342 g/mol. The third kappa shape index (κ3) is 3.44. The molecule has 132 valence electrons. The first-order valence-corrected chi connectivity index (χ1v) is 8.85. The minimum absolute atomic E-state index is 0.113. The molecular weight excluding hydrogens is 319 g/mol. The average Bonchev–Trinajstić information content (AvgIpc) is 3.31. The SMILES string of the molecule is Cn1cc([C@H]2C[C@@H]2C(=O)N2CCN(Cc3ccccc3F)CC2)cn1. The Balaban J connectivity index is 1.29. The number of hydrogen-bond donors (Lipinski definition) is 0. The van der Waals surface area contributed by atoms with Crippen LogP contribution < -0.4 is 0 Å². The van der Waals surface area contributed by atoms with Crippen LogP contribution in [-0.4, -0.2) is 51.7 Å². The lowest BCUT2D eigenvalue weighted by Crippen LogP contribution is -2.48. The molecule has 1 aromatic heterocycles. The fraction of sp³-hybridized carbons (Fsp3) is 0.474. The van der Waals surface area contributed by atoms with Gasteiger partial charge in [0, 0.05) is 57.4 Å². The van der Waals surface area contributed by atoms with E-state index < -0.39 is 0 Å². The Bertz CT molecular complexity index is 766. The van der Waals surface area contributed by atoms with Gasteiger partial charge in [-0.15, -0.1) is 0 Å². The number of benzene rings is 1. The van der Waals surface area contributed by atoms with Crippen molar-refractivity contribution in [3.63, 3.8) is 0 Å². The first-order chi connectivity index (χ1) is 12.1. The molecular formula is C19H23FN4O. The van der Waals surface area contributed by atoms with Crippen LogP contribution in [0.3, 0.4) is 0 Å². The van der Waals surface area contributed by atoms with E-state index >= 15 is 0 Å². The largest absolute Gasteiger partial charge is 0.340 e. The lowest BCUT2D eigenvalue weighted by atomic mass is 10.1. The number of aryl methyl sites for hydroxylation is 1. The standard InChI is InChI=1S/C19H23FN4O/c1-22-12-15(11-21-22)16-10-17(16)19(25)24-8-6-23(7-9-24)13-14-4-2-3-5-18(14)20/h2-5,11-12,16-17H,6-10,13H2,1H3/t16-,17+/m1/s1. The molecule has 1 saturated heterocycles. The molecule has 1 aliphatic carbocycles. The summed E-state index contributed by atoms with van der Waals surface area (Å²) in [7, 11) is 1.90. The number of nitrogens with zero attached hydrogens (tertiary/aromatic N) is 4. The maximum atomic E-state index is 13.8. The number of halogens is 1. The van der Waals surface area contributed by atoms with Crippen molar-refractivity contribution in [2.24, 2.45) is 13.0 Å². The fourth-order valence-electron chi connectivity index (χ4n) is 3.70. The maximum absolute atomic E-state index is 13.8. The van der Waals surface area contributed by atoms with Crippen LogP contribution in [0.2, 0.25) is 0 Å². The molecule has 1 aromatic carbocycles. The van der Waals surface area contributed by atoms with Crippen molar-refractivity contribution in [3.8, 4) is 0 Å². The quantitative estimate of drug-likeness (QED) is 0.853. The first kappa shape index (κ1) is 16.3. The highest BCUT2D eigenvalue weighted by molar-refractivity contribution is 5.83. The van der Waals surface area contributed by atoms with Gasteiger partial charge >= 0.3 is 0 Å². The van der Waals surface area contributed by atoms with Crippen LogP contribution in [0, 0.1) is 11.7 Å². The normalized spacial score (nSPS) is 23.7. The van der Waals surface area contributed by atoms with Gasteiger partial charge in [0.15, 0.2) is 0 Å². The third-order valence-corrected chi connectivity index (χ3v) is 5.30. The average molecular weight is 342 g/mol. The van der Waals surface area contributed by atoms with Crippen molar-refractivity contribution in [2.45, 2.75) is 18.9 Å². The van der Waals surface area contributed by atoms with Crippen LogP contribution in [0.25, 0.3) is 0 Å². The minimum atomic E-state index is -0.154. The summed E-state index contributed by atoms with van der Waals surface area (Å²) in [6, 6.07) is 6.91. The molecule has 0 spiro atoms. The van der Waals surface area contributed by atoms with Crippen LogP contribution in [0.15, 0.2) is 36.7 Å². The van der Waals surface area contributed by atoms with Gasteiger partial charge in [-0.1, -0.05) is 18.2 Å². The summed E-state index contributed by atoms with van der Waals surface area (Å²) in [5, 5.41) is 4.20. The molecule has 2 fully saturated rings. The first-order valence-electron chi connectivity index (χ1n) is 8.85. The van der Waals surface area contributed by atoms with Crippen LogP contribution in [-0.2, 0) is 18.4 Å². The smallest absolute Gasteiger partial charge is 0.226 e. The lowest BCUT2D eigenvalue weighted by Gasteiger charge is -2.35. The zero-order chi connectivity index (χ0) is 17.4. The van der Waals surface area contributed by atoms with Crippen molar-refractivity contribution < 1.29 is 9.18 Å². The van der Waals surface area contributed by atoms with Gasteiger partial charge < -0.3 is 4.90 Å². The van der Waals surface area contributed by atoms with E-state index in [1.54, 1.807) is 10.7 Å².